The number of furan rings is 1. The van der Waals surface area contributed by atoms with Gasteiger partial charge in [0.15, 0.2) is 5.76 Å². The predicted molar refractivity (Wildman–Crippen MR) is 85.4 cm³/mol. The van der Waals surface area contributed by atoms with Gasteiger partial charge in [0.25, 0.3) is 11.8 Å². The molecule has 0 aromatic carbocycles. The van der Waals surface area contributed by atoms with E-state index in [1.165, 1.54) is 30.4 Å². The van der Waals surface area contributed by atoms with E-state index in [0.717, 1.165) is 5.56 Å². The zero-order valence-corrected chi connectivity index (χ0v) is 13.3. The van der Waals surface area contributed by atoms with Crippen LogP contribution in [0.3, 0.4) is 0 Å². The van der Waals surface area contributed by atoms with E-state index in [-0.39, 0.29) is 23.6 Å². The lowest BCUT2D eigenvalue weighted by Crippen LogP contribution is -2.33. The molecule has 1 fully saturated rings. The quantitative estimate of drug-likeness (QED) is 0.887. The van der Waals surface area contributed by atoms with Crippen LogP contribution < -0.4 is 10.6 Å². The standard InChI is InChI=1S/C16H18N2O3S/c1-9-8-13(18-15(19)12-4-3-7-21-12)22-14(9)16(20)17-10(2)11-5-6-11/h3-4,7-8,10-11H,5-6H2,1-2H3,(H,17,20)(H,18,19). The van der Waals surface area contributed by atoms with Crippen LogP contribution in [0.4, 0.5) is 5.00 Å². The van der Waals surface area contributed by atoms with Crippen LogP contribution in [0.1, 0.15) is 45.6 Å². The number of amides is 2. The second kappa shape index (κ2) is 5.96. The third-order valence-corrected chi connectivity index (χ3v) is 4.94. The molecule has 0 saturated heterocycles. The lowest BCUT2D eigenvalue weighted by Gasteiger charge is -2.12. The third-order valence-electron chi connectivity index (χ3n) is 3.79. The Morgan fingerprint density at radius 3 is 2.77 bits per heavy atom. The average molecular weight is 318 g/mol. The van der Waals surface area contributed by atoms with Crippen molar-refractivity contribution in [3.8, 4) is 0 Å². The van der Waals surface area contributed by atoms with Gasteiger partial charge in [0.2, 0.25) is 0 Å². The molecule has 22 heavy (non-hydrogen) atoms. The second-order valence-electron chi connectivity index (χ2n) is 5.65. The van der Waals surface area contributed by atoms with E-state index in [0.29, 0.717) is 15.8 Å². The molecule has 2 aromatic heterocycles. The highest BCUT2D eigenvalue weighted by Crippen LogP contribution is 2.33. The van der Waals surface area contributed by atoms with Crippen molar-refractivity contribution in [2.45, 2.75) is 32.7 Å². The summed E-state index contributed by atoms with van der Waals surface area (Å²) < 4.78 is 5.05. The number of rotatable bonds is 5. The molecule has 2 N–H and O–H groups in total. The maximum atomic E-state index is 12.3. The molecule has 1 aliphatic carbocycles. The van der Waals surface area contributed by atoms with Crippen LogP contribution in [-0.2, 0) is 0 Å². The number of carbonyl (C=O) groups excluding carboxylic acids is 2. The van der Waals surface area contributed by atoms with Crippen LogP contribution in [0.2, 0.25) is 0 Å². The molecule has 6 heteroatoms. The SMILES string of the molecule is Cc1cc(NC(=O)c2ccco2)sc1C(=O)NC(C)C1CC1. The number of thiophene rings is 1. The van der Waals surface area contributed by atoms with Gasteiger partial charge in [-0.1, -0.05) is 0 Å². The molecule has 1 aliphatic rings. The van der Waals surface area contributed by atoms with Crippen molar-refractivity contribution in [3.05, 3.63) is 40.7 Å². The number of anilines is 1. The number of carbonyl (C=O) groups is 2. The number of nitrogens with one attached hydrogen (secondary N) is 2. The van der Waals surface area contributed by atoms with Crippen molar-refractivity contribution in [3.63, 3.8) is 0 Å². The summed E-state index contributed by atoms with van der Waals surface area (Å²) in [4.78, 5) is 24.9. The zero-order chi connectivity index (χ0) is 15.7. The normalized spacial score (nSPS) is 15.4. The molecule has 5 nitrogen and oxygen atoms in total. The highest BCUT2D eigenvalue weighted by molar-refractivity contribution is 7.18. The summed E-state index contributed by atoms with van der Waals surface area (Å²) in [5, 5.41) is 6.43. The summed E-state index contributed by atoms with van der Waals surface area (Å²) >= 11 is 1.28. The van der Waals surface area contributed by atoms with Crippen LogP contribution in [0, 0.1) is 12.8 Å². The first-order valence-electron chi connectivity index (χ1n) is 7.30. The van der Waals surface area contributed by atoms with E-state index in [4.69, 9.17) is 4.42 Å². The Morgan fingerprint density at radius 1 is 1.36 bits per heavy atom. The maximum Gasteiger partial charge on any atom is 0.291 e. The van der Waals surface area contributed by atoms with Gasteiger partial charge < -0.3 is 15.1 Å². The predicted octanol–water partition coefficient (Wildman–Crippen LogP) is 3.43. The summed E-state index contributed by atoms with van der Waals surface area (Å²) in [6, 6.07) is 5.27. The molecule has 1 atom stereocenters. The molecule has 2 amide bonds. The summed E-state index contributed by atoms with van der Waals surface area (Å²) in [5.41, 5.74) is 0.861. The van der Waals surface area contributed by atoms with Crippen LogP contribution in [-0.4, -0.2) is 17.9 Å². The Morgan fingerprint density at radius 2 is 2.14 bits per heavy atom. The van der Waals surface area contributed by atoms with Gasteiger partial charge in [-0.15, -0.1) is 11.3 Å². The molecular weight excluding hydrogens is 300 g/mol. The molecule has 1 unspecified atom stereocenters. The fourth-order valence-electron chi connectivity index (χ4n) is 2.34. The van der Waals surface area contributed by atoms with Crippen molar-refractivity contribution >= 4 is 28.2 Å². The molecule has 2 aromatic rings. The van der Waals surface area contributed by atoms with Crippen LogP contribution >= 0.6 is 11.3 Å². The maximum absolute atomic E-state index is 12.3. The number of hydrogen-bond donors (Lipinski definition) is 2. The number of hydrogen-bond acceptors (Lipinski definition) is 4. The summed E-state index contributed by atoms with van der Waals surface area (Å²) in [6.45, 7) is 3.91. The first kappa shape index (κ1) is 14.8. The van der Waals surface area contributed by atoms with Crippen LogP contribution in [0.5, 0.6) is 0 Å². The van der Waals surface area contributed by atoms with Crippen molar-refractivity contribution in [2.75, 3.05) is 5.32 Å². The zero-order valence-electron chi connectivity index (χ0n) is 12.5. The molecule has 116 valence electrons. The van der Waals surface area contributed by atoms with Gasteiger partial charge in [-0.3, -0.25) is 9.59 Å². The van der Waals surface area contributed by atoms with Crippen molar-refractivity contribution in [1.82, 2.24) is 5.32 Å². The average Bonchev–Trinajstić information content (AvgIpc) is 3.05. The number of aryl methyl sites for hydroxylation is 1. The first-order chi connectivity index (χ1) is 10.5. The highest BCUT2D eigenvalue weighted by atomic mass is 32.1. The Hall–Kier alpha value is -2.08. The van der Waals surface area contributed by atoms with Crippen molar-refractivity contribution in [2.24, 2.45) is 5.92 Å². The van der Waals surface area contributed by atoms with E-state index < -0.39 is 0 Å². The molecule has 3 rings (SSSR count). The van der Waals surface area contributed by atoms with Crippen molar-refractivity contribution < 1.29 is 14.0 Å². The molecular formula is C16H18N2O3S. The van der Waals surface area contributed by atoms with E-state index in [1.807, 2.05) is 19.9 Å². The fraction of sp³-hybridized carbons (Fsp3) is 0.375. The Bertz CT molecular complexity index is 686. The Balaban J connectivity index is 1.67. The molecule has 2 heterocycles. The largest absolute Gasteiger partial charge is 0.459 e. The minimum atomic E-state index is -0.315. The van der Waals surface area contributed by atoms with Crippen LogP contribution in [0.15, 0.2) is 28.9 Å². The van der Waals surface area contributed by atoms with Gasteiger partial charge in [0, 0.05) is 6.04 Å². The molecule has 0 bridgehead atoms. The van der Waals surface area contributed by atoms with Crippen molar-refractivity contribution in [1.29, 1.82) is 0 Å². The smallest absolute Gasteiger partial charge is 0.291 e. The van der Waals surface area contributed by atoms with Crippen LogP contribution in [0.25, 0.3) is 0 Å². The van der Waals surface area contributed by atoms with E-state index in [9.17, 15) is 9.59 Å². The minimum Gasteiger partial charge on any atom is -0.459 e. The van der Waals surface area contributed by atoms with E-state index in [1.54, 1.807) is 12.1 Å². The molecule has 0 aliphatic heterocycles. The summed E-state index contributed by atoms with van der Waals surface area (Å²) in [6.07, 6.45) is 3.83. The topological polar surface area (TPSA) is 71.3 Å². The fourth-order valence-corrected chi connectivity index (χ4v) is 3.31. The monoisotopic (exact) mass is 318 g/mol. The van der Waals surface area contributed by atoms with Gasteiger partial charge in [0.05, 0.1) is 16.1 Å². The first-order valence-corrected chi connectivity index (χ1v) is 8.12. The molecule has 0 spiro atoms. The second-order valence-corrected chi connectivity index (χ2v) is 6.71. The van der Waals surface area contributed by atoms with Gasteiger partial charge in [-0.05, 0) is 56.4 Å². The summed E-state index contributed by atoms with van der Waals surface area (Å²) in [5.74, 6) is 0.478. The van der Waals surface area contributed by atoms with Gasteiger partial charge in [0.1, 0.15) is 0 Å². The van der Waals surface area contributed by atoms with Gasteiger partial charge in [-0.25, -0.2) is 0 Å². The summed E-state index contributed by atoms with van der Waals surface area (Å²) in [7, 11) is 0. The molecule has 0 radical (unpaired) electrons. The lowest BCUT2D eigenvalue weighted by molar-refractivity contribution is 0.0938. The van der Waals surface area contributed by atoms with Gasteiger partial charge >= 0.3 is 0 Å². The lowest BCUT2D eigenvalue weighted by atomic mass is 10.2. The van der Waals surface area contributed by atoms with Gasteiger partial charge in [-0.2, -0.15) is 0 Å². The third kappa shape index (κ3) is 3.22. The highest BCUT2D eigenvalue weighted by Gasteiger charge is 2.29. The van der Waals surface area contributed by atoms with E-state index >= 15 is 0 Å². The minimum absolute atomic E-state index is 0.0691. The Labute approximate surface area is 132 Å². The molecule has 1 saturated carbocycles. The Kier molecular flexibility index (Phi) is 4.02. The van der Waals surface area contributed by atoms with E-state index in [2.05, 4.69) is 10.6 Å².